The van der Waals surface area contributed by atoms with Gasteiger partial charge in [-0.05, 0) is 55.5 Å². The highest BCUT2D eigenvalue weighted by atomic mass is 32.2. The van der Waals surface area contributed by atoms with Gasteiger partial charge >= 0.3 is 0 Å². The smallest absolute Gasteiger partial charge is 0.253 e. The monoisotopic (exact) mass is 450 g/mol. The number of amides is 1. The summed E-state index contributed by atoms with van der Waals surface area (Å²) >= 11 is 1.29. The molecule has 0 N–H and O–H groups in total. The van der Waals surface area contributed by atoms with Crippen LogP contribution in [0.5, 0.6) is 0 Å². The zero-order chi connectivity index (χ0) is 22.3. The third-order valence-corrected chi connectivity index (χ3v) is 6.05. The second kappa shape index (κ2) is 7.94. The lowest BCUT2D eigenvalue weighted by molar-refractivity contribution is -0.130. The van der Waals surface area contributed by atoms with Gasteiger partial charge in [0, 0.05) is 11.8 Å². The third kappa shape index (κ3) is 3.81. The highest BCUT2D eigenvalue weighted by Crippen LogP contribution is 2.35. The molecule has 1 aliphatic rings. The Kier molecular flexibility index (Phi) is 5.09. The van der Waals surface area contributed by atoms with Crippen molar-refractivity contribution in [3.05, 3.63) is 60.2 Å². The Labute approximate surface area is 188 Å². The van der Waals surface area contributed by atoms with Gasteiger partial charge in [-0.15, -0.1) is 5.10 Å². The van der Waals surface area contributed by atoms with Crippen molar-refractivity contribution in [3.8, 4) is 0 Å². The average molecular weight is 451 g/mol. The number of hydrazone groups is 1. The highest BCUT2D eigenvalue weighted by Gasteiger charge is 2.36. The zero-order valence-corrected chi connectivity index (χ0v) is 18.7. The van der Waals surface area contributed by atoms with Crippen molar-refractivity contribution in [2.45, 2.75) is 43.9 Å². The molecule has 10 heteroatoms. The summed E-state index contributed by atoms with van der Waals surface area (Å²) in [5.74, 6) is 1.32. The van der Waals surface area contributed by atoms with Gasteiger partial charge in [0.2, 0.25) is 5.16 Å². The summed E-state index contributed by atoms with van der Waals surface area (Å²) in [5, 5.41) is 19.6. The maximum absolute atomic E-state index is 13.2. The molecule has 1 aliphatic heterocycles. The van der Waals surface area contributed by atoms with Gasteiger partial charge in [0.25, 0.3) is 5.91 Å². The number of furan rings is 2. The molecular formula is C22H22N6O3S. The molecule has 5 rings (SSSR count). The average Bonchev–Trinajstić information content (AvgIpc) is 3.55. The van der Waals surface area contributed by atoms with Gasteiger partial charge in [-0.25, -0.2) is 9.69 Å². The van der Waals surface area contributed by atoms with Crippen molar-refractivity contribution in [1.82, 2.24) is 25.2 Å². The van der Waals surface area contributed by atoms with E-state index in [0.717, 1.165) is 11.0 Å². The van der Waals surface area contributed by atoms with Crippen molar-refractivity contribution >= 4 is 34.3 Å². The van der Waals surface area contributed by atoms with Gasteiger partial charge < -0.3 is 8.83 Å². The van der Waals surface area contributed by atoms with Gasteiger partial charge in [-0.1, -0.05) is 30.0 Å². The number of tetrazole rings is 1. The molecule has 4 heterocycles. The fourth-order valence-corrected chi connectivity index (χ4v) is 4.51. The summed E-state index contributed by atoms with van der Waals surface area (Å²) < 4.78 is 13.3. The number of benzene rings is 1. The summed E-state index contributed by atoms with van der Waals surface area (Å²) in [4.78, 5) is 13.2. The van der Waals surface area contributed by atoms with Crippen LogP contribution in [0.25, 0.3) is 11.0 Å². The number of carbonyl (C=O) groups excluding carboxylic acids is 1. The van der Waals surface area contributed by atoms with Crippen LogP contribution in [0.4, 0.5) is 0 Å². The molecule has 32 heavy (non-hydrogen) atoms. The molecule has 0 aliphatic carbocycles. The summed E-state index contributed by atoms with van der Waals surface area (Å²) in [6.07, 6.45) is 2.10. The Hall–Kier alpha value is -3.40. The Morgan fingerprint density at radius 1 is 1.22 bits per heavy atom. The number of aromatic nitrogens is 4. The fourth-order valence-electron chi connectivity index (χ4n) is 3.60. The van der Waals surface area contributed by atoms with Crippen LogP contribution in [0.1, 0.15) is 44.8 Å². The van der Waals surface area contributed by atoms with Crippen LogP contribution < -0.4 is 0 Å². The van der Waals surface area contributed by atoms with E-state index in [1.807, 2.05) is 63.2 Å². The number of hydrogen-bond donors (Lipinski definition) is 0. The number of fused-ring (bicyclic) bond motifs is 1. The first-order valence-electron chi connectivity index (χ1n) is 10.2. The van der Waals surface area contributed by atoms with Crippen LogP contribution in [-0.4, -0.2) is 42.6 Å². The predicted octanol–water partition coefficient (Wildman–Crippen LogP) is 4.24. The van der Waals surface area contributed by atoms with Crippen molar-refractivity contribution in [3.63, 3.8) is 0 Å². The molecule has 0 spiro atoms. The summed E-state index contributed by atoms with van der Waals surface area (Å²) in [6.45, 7) is 6.02. The molecule has 0 saturated heterocycles. The Morgan fingerprint density at radius 3 is 2.81 bits per heavy atom. The van der Waals surface area contributed by atoms with E-state index in [4.69, 9.17) is 8.83 Å². The highest BCUT2D eigenvalue weighted by molar-refractivity contribution is 7.99. The van der Waals surface area contributed by atoms with Gasteiger partial charge in [-0.3, -0.25) is 4.79 Å². The fraction of sp³-hybridized carbons (Fsp3) is 0.318. The molecule has 3 aromatic heterocycles. The largest absolute Gasteiger partial charge is 0.467 e. The maximum atomic E-state index is 13.2. The van der Waals surface area contributed by atoms with Crippen LogP contribution >= 0.6 is 11.8 Å². The topological polar surface area (TPSA) is 103 Å². The van der Waals surface area contributed by atoms with Crippen molar-refractivity contribution < 1.29 is 13.6 Å². The van der Waals surface area contributed by atoms with Gasteiger partial charge in [0.1, 0.15) is 23.1 Å². The van der Waals surface area contributed by atoms with E-state index in [1.165, 1.54) is 16.8 Å². The van der Waals surface area contributed by atoms with E-state index in [1.54, 1.807) is 10.9 Å². The molecule has 0 unspecified atom stereocenters. The summed E-state index contributed by atoms with van der Waals surface area (Å²) in [5.41, 5.74) is 1.21. The van der Waals surface area contributed by atoms with E-state index in [2.05, 4.69) is 20.6 Å². The molecule has 9 nitrogen and oxygen atoms in total. The third-order valence-electron chi connectivity index (χ3n) is 5.15. The Morgan fingerprint density at radius 2 is 2.06 bits per heavy atom. The minimum Gasteiger partial charge on any atom is -0.467 e. The van der Waals surface area contributed by atoms with Gasteiger partial charge in [-0.2, -0.15) is 5.10 Å². The molecule has 4 aromatic rings. The Bertz CT molecular complexity index is 1250. The van der Waals surface area contributed by atoms with Gasteiger partial charge in [0.05, 0.1) is 17.6 Å². The van der Waals surface area contributed by atoms with Gasteiger partial charge in [0.15, 0.2) is 5.76 Å². The SMILES string of the molecule is CC(C)(C)n1nnnc1SCC(=O)N1N=C(c2cc3ccccc3o2)C[C@H]1c1ccco1. The standard InChI is InChI=1S/C22H22N6O3S/c1-22(2,3)28-21(23-25-26-28)32-13-20(29)27-16(18-9-6-10-30-18)12-15(24-27)19-11-14-7-4-5-8-17(14)31-19/h4-11,16H,12-13H2,1-3H3/t16-/m0/s1. The first-order chi connectivity index (χ1) is 15.4. The van der Waals surface area contributed by atoms with E-state index in [-0.39, 0.29) is 23.2 Å². The molecule has 0 bridgehead atoms. The van der Waals surface area contributed by atoms with Crippen molar-refractivity contribution in [2.75, 3.05) is 5.75 Å². The molecule has 0 radical (unpaired) electrons. The van der Waals surface area contributed by atoms with Crippen LogP contribution in [0.15, 0.2) is 67.8 Å². The van der Waals surface area contributed by atoms with E-state index >= 15 is 0 Å². The van der Waals surface area contributed by atoms with E-state index in [0.29, 0.717) is 28.8 Å². The number of thioether (sulfide) groups is 1. The molecule has 0 fully saturated rings. The lowest BCUT2D eigenvalue weighted by Gasteiger charge is -2.21. The number of rotatable bonds is 5. The lowest BCUT2D eigenvalue weighted by atomic mass is 10.1. The predicted molar refractivity (Wildman–Crippen MR) is 119 cm³/mol. The molecule has 1 atom stereocenters. The van der Waals surface area contributed by atoms with Crippen LogP contribution in [0.2, 0.25) is 0 Å². The first kappa shape index (κ1) is 20.5. The van der Waals surface area contributed by atoms with E-state index in [9.17, 15) is 4.79 Å². The molecule has 1 amide bonds. The van der Waals surface area contributed by atoms with E-state index < -0.39 is 0 Å². The second-order valence-corrected chi connectivity index (χ2v) is 9.44. The first-order valence-corrected chi connectivity index (χ1v) is 11.2. The minimum absolute atomic E-state index is 0.143. The molecule has 0 saturated carbocycles. The van der Waals surface area contributed by atoms with Crippen LogP contribution in [-0.2, 0) is 10.3 Å². The molecular weight excluding hydrogens is 428 g/mol. The molecule has 164 valence electrons. The van der Waals surface area contributed by atoms with Crippen molar-refractivity contribution in [1.29, 1.82) is 0 Å². The van der Waals surface area contributed by atoms with Crippen molar-refractivity contribution in [2.24, 2.45) is 5.10 Å². The number of nitrogens with zero attached hydrogens (tertiary/aromatic N) is 6. The maximum Gasteiger partial charge on any atom is 0.253 e. The minimum atomic E-state index is -0.333. The summed E-state index contributed by atoms with van der Waals surface area (Å²) in [7, 11) is 0. The van der Waals surface area contributed by atoms with Crippen LogP contribution in [0, 0.1) is 0 Å². The number of hydrogen-bond acceptors (Lipinski definition) is 8. The Balaban J connectivity index is 1.40. The summed E-state index contributed by atoms with van der Waals surface area (Å²) in [6, 6.07) is 13.1. The van der Waals surface area contributed by atoms with Crippen LogP contribution in [0.3, 0.4) is 0 Å². The second-order valence-electron chi connectivity index (χ2n) is 8.50. The number of para-hydroxylation sites is 1. The normalized spacial score (nSPS) is 16.7. The number of carbonyl (C=O) groups is 1. The quantitative estimate of drug-likeness (QED) is 0.419. The lowest BCUT2D eigenvalue weighted by Crippen LogP contribution is -2.29. The zero-order valence-electron chi connectivity index (χ0n) is 17.9. The molecule has 1 aromatic carbocycles.